The summed E-state index contributed by atoms with van der Waals surface area (Å²) in [5.41, 5.74) is -2.40. The lowest BCUT2D eigenvalue weighted by Gasteiger charge is -2.23. The van der Waals surface area contributed by atoms with E-state index in [1.54, 1.807) is 36.4 Å². The fourth-order valence-corrected chi connectivity index (χ4v) is 4.00. The molecule has 4 rings (SSSR count). The summed E-state index contributed by atoms with van der Waals surface area (Å²) < 4.78 is 94.0. The fraction of sp³-hybridized carbons (Fsp3) is 0.167. The van der Waals surface area contributed by atoms with Gasteiger partial charge >= 0.3 is 12.4 Å². The van der Waals surface area contributed by atoms with Gasteiger partial charge in [0.25, 0.3) is 0 Å². The van der Waals surface area contributed by atoms with Crippen LogP contribution in [0.1, 0.15) is 11.1 Å². The monoisotopic (exact) mass is 450 g/mol. The summed E-state index contributed by atoms with van der Waals surface area (Å²) in [4.78, 5) is 0. The maximum absolute atomic E-state index is 13.9. The summed E-state index contributed by atoms with van der Waals surface area (Å²) in [7, 11) is 2.12. The number of ether oxygens (including phenoxy) is 2. The Balaban J connectivity index is 2.32. The molecule has 0 atom stereocenters. The lowest BCUT2D eigenvalue weighted by Crippen LogP contribution is -2.11. The Kier molecular flexibility index (Phi) is 5.19. The Morgan fingerprint density at radius 3 is 1.22 bits per heavy atom. The van der Waals surface area contributed by atoms with Gasteiger partial charge in [-0.1, -0.05) is 48.5 Å². The number of hydrogen-bond donors (Lipinski definition) is 0. The smallest absolute Gasteiger partial charge is 0.420 e. The minimum Gasteiger partial charge on any atom is -0.495 e. The molecule has 0 aliphatic heterocycles. The van der Waals surface area contributed by atoms with Crippen molar-refractivity contribution in [1.29, 1.82) is 0 Å². The molecule has 0 unspecified atom stereocenters. The Bertz CT molecular complexity index is 1220. The molecule has 0 bridgehead atoms. The average Bonchev–Trinajstić information content (AvgIpc) is 2.75. The lowest BCUT2D eigenvalue weighted by atomic mass is 9.88. The van der Waals surface area contributed by atoms with E-state index in [1.807, 2.05) is 0 Å². The van der Waals surface area contributed by atoms with Crippen molar-refractivity contribution in [2.24, 2.45) is 0 Å². The van der Waals surface area contributed by atoms with Crippen LogP contribution < -0.4 is 9.47 Å². The van der Waals surface area contributed by atoms with Gasteiger partial charge in [0.2, 0.25) is 0 Å². The second-order valence-electron chi connectivity index (χ2n) is 7.10. The molecule has 0 N–H and O–H groups in total. The quantitative estimate of drug-likeness (QED) is 0.298. The van der Waals surface area contributed by atoms with Crippen LogP contribution in [0.2, 0.25) is 0 Å². The van der Waals surface area contributed by atoms with Gasteiger partial charge in [-0.2, -0.15) is 26.3 Å². The van der Waals surface area contributed by atoms with Gasteiger partial charge in [0.05, 0.1) is 25.3 Å². The molecule has 0 heterocycles. The van der Waals surface area contributed by atoms with Crippen molar-refractivity contribution in [2.45, 2.75) is 12.4 Å². The van der Waals surface area contributed by atoms with Crippen LogP contribution in [-0.4, -0.2) is 14.2 Å². The number of methoxy groups -OCH3 is 2. The Labute approximate surface area is 179 Å². The molecule has 8 heteroatoms. The third kappa shape index (κ3) is 3.49. The zero-order chi connectivity index (χ0) is 23.3. The van der Waals surface area contributed by atoms with E-state index in [0.717, 1.165) is 26.4 Å². The number of hydrogen-bond acceptors (Lipinski definition) is 2. The number of halogens is 6. The van der Waals surface area contributed by atoms with Gasteiger partial charge in [-0.25, -0.2) is 0 Å². The van der Waals surface area contributed by atoms with Crippen molar-refractivity contribution in [3.05, 3.63) is 71.8 Å². The van der Waals surface area contributed by atoms with E-state index in [-0.39, 0.29) is 21.9 Å². The molecule has 0 amide bonds. The number of alkyl halides is 6. The molecule has 166 valence electrons. The first-order chi connectivity index (χ1) is 15.1. The molecular formula is C24H16F6O2. The lowest BCUT2D eigenvalue weighted by molar-refractivity contribution is -0.139. The molecule has 0 radical (unpaired) electrons. The maximum Gasteiger partial charge on any atom is 0.420 e. The highest BCUT2D eigenvalue weighted by Gasteiger charge is 2.40. The van der Waals surface area contributed by atoms with Crippen LogP contribution in [0.25, 0.3) is 32.7 Å². The van der Waals surface area contributed by atoms with Crippen LogP contribution in [0.5, 0.6) is 11.5 Å². The van der Waals surface area contributed by atoms with E-state index in [9.17, 15) is 26.3 Å². The summed E-state index contributed by atoms with van der Waals surface area (Å²) in [5, 5.41) is 1.03. The predicted molar refractivity (Wildman–Crippen MR) is 110 cm³/mol. The first kappa shape index (κ1) is 21.8. The average molecular weight is 450 g/mol. The van der Waals surface area contributed by atoms with Crippen LogP contribution in [0.3, 0.4) is 0 Å². The fourth-order valence-electron chi connectivity index (χ4n) is 4.00. The predicted octanol–water partition coefficient (Wildman–Crippen LogP) is 7.71. The van der Waals surface area contributed by atoms with Crippen molar-refractivity contribution in [1.82, 2.24) is 0 Å². The normalized spacial score (nSPS) is 12.4. The van der Waals surface area contributed by atoms with E-state index in [4.69, 9.17) is 9.47 Å². The summed E-state index contributed by atoms with van der Waals surface area (Å²) in [6, 6.07) is 14.2. The summed E-state index contributed by atoms with van der Waals surface area (Å²) in [6.07, 6.45) is -9.59. The van der Waals surface area contributed by atoms with Crippen LogP contribution in [-0.2, 0) is 12.4 Å². The van der Waals surface area contributed by atoms with Gasteiger partial charge in [-0.15, -0.1) is 0 Å². The van der Waals surface area contributed by atoms with Crippen molar-refractivity contribution in [3.8, 4) is 22.6 Å². The highest BCUT2D eigenvalue weighted by molar-refractivity contribution is 6.11. The standard InChI is InChI=1S/C24H16F6O2/c1-31-21-17(23(25,26)27)11-13-7-3-5-9-15(13)19(21)20-16-10-6-4-8-14(16)12-18(22(20)32-2)24(28,29)30/h3-12H,1-2H3. The summed E-state index contributed by atoms with van der Waals surface area (Å²) in [6.45, 7) is 0. The van der Waals surface area contributed by atoms with Crippen LogP contribution in [0, 0.1) is 0 Å². The van der Waals surface area contributed by atoms with E-state index in [2.05, 4.69) is 0 Å². The Morgan fingerprint density at radius 2 is 0.906 bits per heavy atom. The molecule has 0 fully saturated rings. The first-order valence-electron chi connectivity index (χ1n) is 9.42. The van der Waals surface area contributed by atoms with E-state index >= 15 is 0 Å². The topological polar surface area (TPSA) is 18.5 Å². The number of fused-ring (bicyclic) bond motifs is 2. The zero-order valence-corrected chi connectivity index (χ0v) is 16.9. The van der Waals surface area contributed by atoms with Crippen molar-refractivity contribution < 1.29 is 35.8 Å². The molecule has 0 saturated carbocycles. The molecule has 0 saturated heterocycles. The third-order valence-corrected chi connectivity index (χ3v) is 5.27. The molecule has 0 aromatic heterocycles. The molecular weight excluding hydrogens is 434 g/mol. The van der Waals surface area contributed by atoms with E-state index in [1.165, 1.54) is 12.1 Å². The van der Waals surface area contributed by atoms with Gasteiger partial charge in [0.15, 0.2) is 0 Å². The molecule has 32 heavy (non-hydrogen) atoms. The van der Waals surface area contributed by atoms with Gasteiger partial charge in [-0.05, 0) is 33.7 Å². The van der Waals surface area contributed by atoms with Crippen LogP contribution in [0.4, 0.5) is 26.3 Å². The highest BCUT2D eigenvalue weighted by Crippen LogP contribution is 2.53. The summed E-state index contributed by atoms with van der Waals surface area (Å²) in [5.74, 6) is -1.14. The first-order valence-corrected chi connectivity index (χ1v) is 9.42. The minimum absolute atomic E-state index is 0.114. The van der Waals surface area contributed by atoms with Crippen LogP contribution in [0.15, 0.2) is 60.7 Å². The Hall–Kier alpha value is -3.42. The second kappa shape index (κ2) is 7.62. The molecule has 0 aliphatic carbocycles. The van der Waals surface area contributed by atoms with E-state index < -0.39 is 35.0 Å². The van der Waals surface area contributed by atoms with Gasteiger partial charge in [-0.3, -0.25) is 0 Å². The van der Waals surface area contributed by atoms with Gasteiger partial charge in [0, 0.05) is 11.1 Å². The molecule has 0 spiro atoms. The molecule has 4 aromatic rings. The molecule has 4 aromatic carbocycles. The molecule has 0 aliphatic rings. The van der Waals surface area contributed by atoms with Crippen LogP contribution >= 0.6 is 0 Å². The largest absolute Gasteiger partial charge is 0.495 e. The van der Waals surface area contributed by atoms with Gasteiger partial charge < -0.3 is 9.47 Å². The van der Waals surface area contributed by atoms with Crippen molar-refractivity contribution in [2.75, 3.05) is 14.2 Å². The minimum atomic E-state index is -4.80. The second-order valence-corrected chi connectivity index (χ2v) is 7.10. The van der Waals surface area contributed by atoms with Crippen molar-refractivity contribution in [3.63, 3.8) is 0 Å². The van der Waals surface area contributed by atoms with E-state index in [0.29, 0.717) is 10.8 Å². The summed E-state index contributed by atoms with van der Waals surface area (Å²) >= 11 is 0. The van der Waals surface area contributed by atoms with Crippen molar-refractivity contribution >= 4 is 21.5 Å². The van der Waals surface area contributed by atoms with Gasteiger partial charge in [0.1, 0.15) is 11.5 Å². The SMILES string of the molecule is COc1c(C(F)(F)F)cc2ccccc2c1-c1c(OC)c(C(F)(F)F)cc2ccccc12. The molecule has 2 nitrogen and oxygen atoms in total. The number of rotatable bonds is 3. The maximum atomic E-state index is 13.9. The number of benzene rings is 4. The highest BCUT2D eigenvalue weighted by atomic mass is 19.4. The third-order valence-electron chi connectivity index (χ3n) is 5.27. The zero-order valence-electron chi connectivity index (χ0n) is 16.9. The Morgan fingerprint density at radius 1 is 0.562 bits per heavy atom.